The molecule has 1 aromatic carbocycles. The van der Waals surface area contributed by atoms with E-state index in [4.69, 9.17) is 12.2 Å². The Hall–Kier alpha value is -2.73. The Morgan fingerprint density at radius 1 is 1.30 bits per heavy atom. The lowest BCUT2D eigenvalue weighted by Crippen LogP contribution is -2.47. The van der Waals surface area contributed by atoms with Crippen LogP contribution >= 0.6 is 12.2 Å². The number of alkyl halides is 3. The summed E-state index contributed by atoms with van der Waals surface area (Å²) in [6.45, 7) is 8.60. The van der Waals surface area contributed by atoms with Crippen LogP contribution in [0.4, 0.5) is 24.5 Å². The van der Waals surface area contributed by atoms with Crippen molar-refractivity contribution in [3.8, 4) is 0 Å². The van der Waals surface area contributed by atoms with E-state index in [1.54, 1.807) is 15.7 Å². The lowest BCUT2D eigenvalue weighted by atomic mass is 10.1. The maximum atomic E-state index is 12.9. The Kier molecular flexibility index (Phi) is 6.27. The number of aryl methyl sites for hydroxylation is 1. The van der Waals surface area contributed by atoms with Gasteiger partial charge in [-0.2, -0.15) is 18.3 Å². The topological polar surface area (TPSA) is 72.4 Å². The van der Waals surface area contributed by atoms with Crippen molar-refractivity contribution < 1.29 is 18.1 Å². The largest absolute Gasteiger partial charge is 0.416 e. The first-order chi connectivity index (χ1) is 14.1. The van der Waals surface area contributed by atoms with Gasteiger partial charge in [0.2, 0.25) is 0 Å². The third-order valence-corrected chi connectivity index (χ3v) is 5.40. The van der Waals surface area contributed by atoms with Gasteiger partial charge in [-0.05, 0) is 31.3 Å². The second-order valence-electron chi connectivity index (χ2n) is 6.93. The molecule has 12 heteroatoms. The number of benzene rings is 1. The molecule has 0 atom stereocenters. The number of anilines is 1. The molecule has 2 heterocycles. The molecule has 8 nitrogen and oxygen atoms in total. The minimum Gasteiger partial charge on any atom is -0.363 e. The van der Waals surface area contributed by atoms with Gasteiger partial charge in [-0.1, -0.05) is 6.08 Å². The summed E-state index contributed by atoms with van der Waals surface area (Å²) in [7, 11) is 0. The second-order valence-corrected chi connectivity index (χ2v) is 7.30. The Balaban J connectivity index is 1.72. The van der Waals surface area contributed by atoms with Gasteiger partial charge in [-0.3, -0.25) is 15.0 Å². The van der Waals surface area contributed by atoms with Gasteiger partial charge in [0.05, 0.1) is 17.2 Å². The third-order valence-electron chi connectivity index (χ3n) is 4.97. The predicted molar refractivity (Wildman–Crippen MR) is 108 cm³/mol. The lowest BCUT2D eigenvalue weighted by Gasteiger charge is -2.35. The SMILES string of the molecule is C=CCn1c(C)nn(CN2CCN(c3ccc(C(F)(F)F)cc3[N+](=O)[O-])CC2)c1=S. The van der Waals surface area contributed by atoms with Gasteiger partial charge >= 0.3 is 6.18 Å². The second kappa shape index (κ2) is 8.56. The normalized spacial score (nSPS) is 15.4. The number of nitro groups is 1. The van der Waals surface area contributed by atoms with Gasteiger partial charge in [0, 0.05) is 38.8 Å². The summed E-state index contributed by atoms with van der Waals surface area (Å²) in [6, 6.07) is 2.64. The first-order valence-electron chi connectivity index (χ1n) is 9.20. The van der Waals surface area contributed by atoms with Gasteiger partial charge in [0.1, 0.15) is 11.5 Å². The molecular formula is C18H21F3N6O2S. The maximum absolute atomic E-state index is 12.9. The van der Waals surface area contributed by atoms with Crippen molar-refractivity contribution in [3.05, 3.63) is 57.1 Å². The van der Waals surface area contributed by atoms with Crippen LogP contribution in [0.1, 0.15) is 11.4 Å². The van der Waals surface area contributed by atoms with Gasteiger partial charge in [0.25, 0.3) is 5.69 Å². The van der Waals surface area contributed by atoms with E-state index in [-0.39, 0.29) is 5.69 Å². The summed E-state index contributed by atoms with van der Waals surface area (Å²) in [6.07, 6.45) is -2.89. The molecule has 0 spiro atoms. The van der Waals surface area contributed by atoms with Gasteiger partial charge < -0.3 is 9.47 Å². The van der Waals surface area contributed by atoms with E-state index in [0.717, 1.165) is 11.9 Å². The van der Waals surface area contributed by atoms with Gasteiger partial charge in [-0.15, -0.1) is 6.58 Å². The van der Waals surface area contributed by atoms with E-state index < -0.39 is 22.4 Å². The molecule has 0 N–H and O–H groups in total. The number of nitrogens with zero attached hydrogens (tertiary/aromatic N) is 6. The highest BCUT2D eigenvalue weighted by Crippen LogP contribution is 2.36. The molecule has 1 fully saturated rings. The van der Waals surface area contributed by atoms with Crippen molar-refractivity contribution in [2.24, 2.45) is 0 Å². The van der Waals surface area contributed by atoms with E-state index in [9.17, 15) is 23.3 Å². The summed E-state index contributed by atoms with van der Waals surface area (Å²) < 4.78 is 42.9. The fourth-order valence-corrected chi connectivity index (χ4v) is 3.72. The molecule has 0 aliphatic carbocycles. The summed E-state index contributed by atoms with van der Waals surface area (Å²) in [5.74, 6) is 0.777. The van der Waals surface area contributed by atoms with Crippen LogP contribution in [0.25, 0.3) is 0 Å². The molecule has 0 amide bonds. The number of hydrogen-bond donors (Lipinski definition) is 0. The average molecular weight is 442 g/mol. The average Bonchev–Trinajstić information content (AvgIpc) is 2.95. The number of hydrogen-bond acceptors (Lipinski definition) is 6. The van der Waals surface area contributed by atoms with Crippen molar-refractivity contribution in [2.75, 3.05) is 31.1 Å². The van der Waals surface area contributed by atoms with E-state index in [1.807, 2.05) is 11.5 Å². The molecule has 162 valence electrons. The van der Waals surface area contributed by atoms with E-state index in [0.29, 0.717) is 50.2 Å². The molecule has 0 saturated carbocycles. The number of piperazine rings is 1. The molecule has 0 unspecified atom stereocenters. The zero-order valence-electron chi connectivity index (χ0n) is 16.3. The molecule has 1 aliphatic rings. The Morgan fingerprint density at radius 2 is 1.97 bits per heavy atom. The number of nitro benzene ring substituents is 1. The number of halogens is 3. The van der Waals surface area contributed by atoms with Crippen LogP contribution in [0.2, 0.25) is 0 Å². The van der Waals surface area contributed by atoms with Crippen molar-refractivity contribution in [3.63, 3.8) is 0 Å². The Bertz CT molecular complexity index is 1010. The Morgan fingerprint density at radius 3 is 2.53 bits per heavy atom. The van der Waals surface area contributed by atoms with E-state index in [1.165, 1.54) is 6.07 Å². The molecular weight excluding hydrogens is 421 g/mol. The van der Waals surface area contributed by atoms with Gasteiger partial charge in [0.15, 0.2) is 4.77 Å². The molecule has 1 aromatic heterocycles. The van der Waals surface area contributed by atoms with Crippen LogP contribution in [0.3, 0.4) is 0 Å². The zero-order chi connectivity index (χ0) is 22.1. The minimum atomic E-state index is -4.63. The van der Waals surface area contributed by atoms with Crippen LogP contribution in [0.15, 0.2) is 30.9 Å². The summed E-state index contributed by atoms with van der Waals surface area (Å²) >= 11 is 5.45. The fraction of sp³-hybridized carbons (Fsp3) is 0.444. The number of aromatic nitrogens is 3. The molecule has 0 bridgehead atoms. The zero-order valence-corrected chi connectivity index (χ0v) is 17.1. The summed E-state index contributed by atoms with van der Waals surface area (Å²) in [5.41, 5.74) is -1.38. The fourth-order valence-electron chi connectivity index (χ4n) is 3.41. The smallest absolute Gasteiger partial charge is 0.363 e. The van der Waals surface area contributed by atoms with Crippen LogP contribution < -0.4 is 4.90 Å². The lowest BCUT2D eigenvalue weighted by molar-refractivity contribution is -0.384. The monoisotopic (exact) mass is 442 g/mol. The van der Waals surface area contributed by atoms with E-state index in [2.05, 4.69) is 16.6 Å². The molecule has 30 heavy (non-hydrogen) atoms. The highest BCUT2D eigenvalue weighted by atomic mass is 32.1. The number of rotatable bonds is 6. The van der Waals surface area contributed by atoms with Gasteiger partial charge in [-0.25, -0.2) is 4.68 Å². The standard InChI is InChI=1S/C18H21F3N6O2S/c1-3-6-25-13(2)22-26(17(25)30)12-23-7-9-24(10-8-23)15-5-4-14(18(19,20)21)11-16(15)27(28)29/h3-5,11H,1,6-10,12H2,2H3. The first-order valence-corrected chi connectivity index (χ1v) is 9.60. The van der Waals surface area contributed by atoms with Crippen molar-refractivity contribution in [2.45, 2.75) is 26.3 Å². The maximum Gasteiger partial charge on any atom is 0.416 e. The molecule has 0 radical (unpaired) electrons. The Labute approximate surface area is 176 Å². The highest BCUT2D eigenvalue weighted by Gasteiger charge is 2.34. The molecule has 3 rings (SSSR count). The first kappa shape index (κ1) is 22.0. The highest BCUT2D eigenvalue weighted by molar-refractivity contribution is 7.71. The molecule has 1 saturated heterocycles. The van der Waals surface area contributed by atoms with Crippen LogP contribution in [0, 0.1) is 21.8 Å². The van der Waals surface area contributed by atoms with E-state index >= 15 is 0 Å². The third kappa shape index (κ3) is 4.54. The predicted octanol–water partition coefficient (Wildman–Crippen LogP) is 3.62. The van der Waals surface area contributed by atoms with Crippen molar-refractivity contribution in [1.82, 2.24) is 19.2 Å². The number of allylic oxidation sites excluding steroid dienone is 1. The van der Waals surface area contributed by atoms with Crippen LogP contribution in [-0.2, 0) is 19.4 Å². The van der Waals surface area contributed by atoms with Crippen LogP contribution in [0.5, 0.6) is 0 Å². The summed E-state index contributed by atoms with van der Waals surface area (Å²) in [4.78, 5) is 14.4. The van der Waals surface area contributed by atoms with Crippen molar-refractivity contribution in [1.29, 1.82) is 0 Å². The van der Waals surface area contributed by atoms with Crippen LogP contribution in [-0.4, -0.2) is 50.3 Å². The van der Waals surface area contributed by atoms with Crippen molar-refractivity contribution >= 4 is 23.6 Å². The minimum absolute atomic E-state index is 0.190. The summed E-state index contributed by atoms with van der Waals surface area (Å²) in [5, 5.41) is 15.8. The quantitative estimate of drug-likeness (QED) is 0.295. The molecule has 2 aromatic rings. The molecule has 1 aliphatic heterocycles.